The second kappa shape index (κ2) is 6.22. The first-order valence-corrected chi connectivity index (χ1v) is 9.93. The molecule has 6 nitrogen and oxygen atoms in total. The first-order chi connectivity index (χ1) is 12.8. The third-order valence-corrected chi connectivity index (χ3v) is 6.16. The molecule has 0 aliphatic rings. The summed E-state index contributed by atoms with van der Waals surface area (Å²) in [4.78, 5) is 6.64. The van der Waals surface area contributed by atoms with E-state index in [1.54, 1.807) is 23.1 Å². The predicted octanol–water partition coefficient (Wildman–Crippen LogP) is 4.10. The quantitative estimate of drug-likeness (QED) is 0.441. The van der Waals surface area contributed by atoms with Crippen molar-refractivity contribution >= 4 is 33.7 Å². The van der Waals surface area contributed by atoms with E-state index in [9.17, 15) is 0 Å². The number of rotatable bonds is 4. The molecule has 0 radical (unpaired) electrons. The van der Waals surface area contributed by atoms with Gasteiger partial charge in [-0.1, -0.05) is 35.6 Å². The molecule has 0 N–H and O–H groups in total. The molecule has 0 saturated heterocycles. The number of hydrogen-bond donors (Lipinski definition) is 0. The number of aryl methyl sites for hydroxylation is 1. The Kier molecular flexibility index (Phi) is 3.72. The number of nitrogens with zero attached hydrogens (tertiary/aromatic N) is 6. The van der Waals surface area contributed by atoms with Crippen LogP contribution in [0.2, 0.25) is 0 Å². The van der Waals surface area contributed by atoms with Gasteiger partial charge < -0.3 is 0 Å². The Morgan fingerprint density at radius 1 is 1.04 bits per heavy atom. The summed E-state index contributed by atoms with van der Waals surface area (Å²) < 4.78 is 3.86. The number of aromatic nitrogens is 6. The van der Waals surface area contributed by atoms with Crippen LogP contribution < -0.4 is 0 Å². The second-order valence-corrected chi connectivity index (χ2v) is 7.88. The summed E-state index contributed by atoms with van der Waals surface area (Å²) in [6.45, 7) is 1.99. The Morgan fingerprint density at radius 3 is 2.77 bits per heavy atom. The fraction of sp³-hybridized carbons (Fsp3) is 0.111. The number of pyridine rings is 1. The molecule has 4 aromatic heterocycles. The molecular formula is C18H14N6S2. The molecule has 0 spiro atoms. The fourth-order valence-electron chi connectivity index (χ4n) is 2.91. The van der Waals surface area contributed by atoms with Gasteiger partial charge in [-0.3, -0.25) is 4.40 Å². The van der Waals surface area contributed by atoms with Crippen molar-refractivity contribution in [3.63, 3.8) is 0 Å². The lowest BCUT2D eigenvalue weighted by molar-refractivity contribution is 0.924. The number of fused-ring (bicyclic) bond motifs is 2. The first kappa shape index (κ1) is 15.5. The maximum absolute atomic E-state index is 4.74. The van der Waals surface area contributed by atoms with Gasteiger partial charge in [-0.25, -0.2) is 4.98 Å². The lowest BCUT2D eigenvalue weighted by atomic mass is 10.3. The molecule has 128 valence electrons. The van der Waals surface area contributed by atoms with Crippen molar-refractivity contribution in [2.45, 2.75) is 17.6 Å². The molecule has 5 aromatic rings. The van der Waals surface area contributed by atoms with Crippen LogP contribution in [0.4, 0.5) is 0 Å². The van der Waals surface area contributed by atoms with Crippen LogP contribution in [0.25, 0.3) is 22.1 Å². The highest BCUT2D eigenvalue weighted by molar-refractivity contribution is 7.98. The van der Waals surface area contributed by atoms with Crippen LogP contribution in [0.15, 0.2) is 59.6 Å². The van der Waals surface area contributed by atoms with E-state index in [4.69, 9.17) is 5.10 Å². The lowest BCUT2D eigenvalue weighted by Gasteiger charge is -1.99. The Bertz CT molecular complexity index is 1200. The van der Waals surface area contributed by atoms with E-state index in [2.05, 4.69) is 27.3 Å². The predicted molar refractivity (Wildman–Crippen MR) is 104 cm³/mol. The number of thioether (sulfide) groups is 1. The van der Waals surface area contributed by atoms with E-state index in [0.717, 1.165) is 38.6 Å². The highest BCUT2D eigenvalue weighted by atomic mass is 32.2. The van der Waals surface area contributed by atoms with E-state index in [1.165, 1.54) is 4.90 Å². The molecule has 0 fully saturated rings. The van der Waals surface area contributed by atoms with Crippen LogP contribution in [0.5, 0.6) is 0 Å². The molecule has 0 unspecified atom stereocenters. The van der Waals surface area contributed by atoms with Crippen LogP contribution in [-0.4, -0.2) is 29.2 Å². The largest absolute Gasteiger partial charge is 0.297 e. The normalized spacial score (nSPS) is 11.6. The van der Waals surface area contributed by atoms with E-state index in [0.29, 0.717) is 0 Å². The van der Waals surface area contributed by atoms with Crippen LogP contribution in [0.1, 0.15) is 10.7 Å². The van der Waals surface area contributed by atoms with Crippen molar-refractivity contribution in [1.29, 1.82) is 0 Å². The van der Waals surface area contributed by atoms with Gasteiger partial charge in [0.2, 0.25) is 10.8 Å². The van der Waals surface area contributed by atoms with Gasteiger partial charge in [0.15, 0.2) is 0 Å². The van der Waals surface area contributed by atoms with Gasteiger partial charge in [-0.05, 0) is 31.2 Å². The minimum Gasteiger partial charge on any atom is -0.297 e. The van der Waals surface area contributed by atoms with Crippen molar-refractivity contribution in [1.82, 2.24) is 29.2 Å². The summed E-state index contributed by atoms with van der Waals surface area (Å²) in [6, 6.07) is 16.3. The van der Waals surface area contributed by atoms with Crippen molar-refractivity contribution < 1.29 is 0 Å². The van der Waals surface area contributed by atoms with Crippen LogP contribution in [0, 0.1) is 6.92 Å². The van der Waals surface area contributed by atoms with Crippen molar-refractivity contribution in [2.24, 2.45) is 0 Å². The molecule has 4 heterocycles. The first-order valence-electron chi connectivity index (χ1n) is 8.12. The van der Waals surface area contributed by atoms with E-state index >= 15 is 0 Å². The zero-order valence-corrected chi connectivity index (χ0v) is 15.5. The Balaban J connectivity index is 1.53. The Labute approximate surface area is 157 Å². The monoisotopic (exact) mass is 378 g/mol. The molecule has 0 bridgehead atoms. The molecular weight excluding hydrogens is 364 g/mol. The zero-order chi connectivity index (χ0) is 17.5. The molecule has 0 aliphatic heterocycles. The van der Waals surface area contributed by atoms with Gasteiger partial charge in [0.1, 0.15) is 16.3 Å². The number of imidazole rings is 1. The third-order valence-electron chi connectivity index (χ3n) is 4.05. The Hall–Kier alpha value is -2.71. The molecule has 8 heteroatoms. The average molecular weight is 378 g/mol. The SMILES string of the molecule is Cc1nc2ccccn2c1-c1nnc2sc(CSc3ccccc3)nn12. The summed E-state index contributed by atoms with van der Waals surface area (Å²) >= 11 is 3.34. The van der Waals surface area contributed by atoms with Gasteiger partial charge in [-0.2, -0.15) is 9.61 Å². The summed E-state index contributed by atoms with van der Waals surface area (Å²) in [5.74, 6) is 1.53. The Morgan fingerprint density at radius 2 is 1.88 bits per heavy atom. The fourth-order valence-corrected chi connectivity index (χ4v) is 4.65. The van der Waals surface area contributed by atoms with Gasteiger partial charge >= 0.3 is 0 Å². The molecule has 0 saturated carbocycles. The van der Waals surface area contributed by atoms with Gasteiger partial charge in [-0.15, -0.1) is 22.0 Å². The summed E-state index contributed by atoms with van der Waals surface area (Å²) in [5, 5.41) is 14.4. The molecule has 0 atom stereocenters. The smallest absolute Gasteiger partial charge is 0.235 e. The molecule has 5 rings (SSSR count). The van der Waals surface area contributed by atoms with Crippen LogP contribution >= 0.6 is 23.1 Å². The van der Waals surface area contributed by atoms with Gasteiger partial charge in [0.25, 0.3) is 0 Å². The minimum atomic E-state index is 0.725. The van der Waals surface area contributed by atoms with Crippen molar-refractivity contribution in [3.8, 4) is 11.5 Å². The second-order valence-electron chi connectivity index (χ2n) is 5.79. The summed E-state index contributed by atoms with van der Waals surface area (Å²) in [7, 11) is 0. The maximum atomic E-state index is 4.74. The van der Waals surface area contributed by atoms with Crippen LogP contribution in [0.3, 0.4) is 0 Å². The molecule has 26 heavy (non-hydrogen) atoms. The van der Waals surface area contributed by atoms with Gasteiger partial charge in [0.05, 0.1) is 11.4 Å². The van der Waals surface area contributed by atoms with E-state index < -0.39 is 0 Å². The summed E-state index contributed by atoms with van der Waals surface area (Å²) in [5.41, 5.74) is 2.74. The number of benzene rings is 1. The van der Waals surface area contributed by atoms with Crippen molar-refractivity contribution in [3.05, 3.63) is 65.4 Å². The maximum Gasteiger partial charge on any atom is 0.235 e. The highest BCUT2D eigenvalue weighted by Gasteiger charge is 2.19. The van der Waals surface area contributed by atoms with Crippen molar-refractivity contribution in [2.75, 3.05) is 0 Å². The van der Waals surface area contributed by atoms with Gasteiger partial charge in [0, 0.05) is 11.1 Å². The highest BCUT2D eigenvalue weighted by Crippen LogP contribution is 2.28. The topological polar surface area (TPSA) is 60.4 Å². The van der Waals surface area contributed by atoms with Crippen LogP contribution in [-0.2, 0) is 5.75 Å². The molecule has 0 aliphatic carbocycles. The van der Waals surface area contributed by atoms with E-state index in [-0.39, 0.29) is 0 Å². The number of hydrogen-bond acceptors (Lipinski definition) is 6. The zero-order valence-electron chi connectivity index (χ0n) is 13.9. The lowest BCUT2D eigenvalue weighted by Crippen LogP contribution is -1.96. The molecule has 0 amide bonds. The third kappa shape index (κ3) is 2.58. The molecule has 1 aromatic carbocycles. The van der Waals surface area contributed by atoms with E-state index in [1.807, 2.05) is 58.4 Å². The average Bonchev–Trinajstić information content (AvgIpc) is 3.32. The summed E-state index contributed by atoms with van der Waals surface area (Å²) in [6.07, 6.45) is 1.99. The standard InChI is InChI=1S/C18H14N6S2/c1-12-16(23-10-6-5-9-14(23)19-12)17-20-21-18-24(17)22-15(26-18)11-25-13-7-3-2-4-8-13/h2-10H,11H2,1H3. The minimum absolute atomic E-state index is 0.725.